The Morgan fingerprint density at radius 3 is 2.96 bits per heavy atom. The Labute approximate surface area is 150 Å². The summed E-state index contributed by atoms with van der Waals surface area (Å²) in [7, 11) is 0. The molecule has 2 heterocycles. The molecule has 0 aliphatic heterocycles. The summed E-state index contributed by atoms with van der Waals surface area (Å²) >= 11 is 0. The number of fused-ring (bicyclic) bond motifs is 2. The highest BCUT2D eigenvalue weighted by Crippen LogP contribution is 2.19. The van der Waals surface area contributed by atoms with Crippen LogP contribution < -0.4 is 5.32 Å². The first kappa shape index (κ1) is 16.4. The van der Waals surface area contributed by atoms with Crippen LogP contribution in [0, 0.1) is 5.82 Å². The summed E-state index contributed by atoms with van der Waals surface area (Å²) in [6, 6.07) is 14.6. The van der Waals surface area contributed by atoms with Crippen molar-refractivity contribution in [3.63, 3.8) is 0 Å². The molecule has 0 fully saturated rings. The molecule has 4 rings (SSSR count). The molecule has 1 atom stereocenters. The van der Waals surface area contributed by atoms with E-state index in [1.54, 1.807) is 10.6 Å². The number of benzene rings is 2. The predicted octanol–water partition coefficient (Wildman–Crippen LogP) is 4.01. The second-order valence-electron chi connectivity index (χ2n) is 6.68. The fraction of sp³-hybridized carbons (Fsp3) is 0.190. The summed E-state index contributed by atoms with van der Waals surface area (Å²) in [6.07, 6.45) is 4.56. The van der Waals surface area contributed by atoms with Crippen molar-refractivity contribution in [3.8, 4) is 0 Å². The Balaban J connectivity index is 1.43. The van der Waals surface area contributed by atoms with Gasteiger partial charge in [0.1, 0.15) is 12.4 Å². The molecule has 2 N–H and O–H groups in total. The predicted molar refractivity (Wildman–Crippen MR) is 102 cm³/mol. The van der Waals surface area contributed by atoms with Gasteiger partial charge in [-0.1, -0.05) is 18.2 Å². The lowest BCUT2D eigenvalue weighted by atomic mass is 10.1. The summed E-state index contributed by atoms with van der Waals surface area (Å²) in [5, 5.41) is 5.14. The lowest BCUT2D eigenvalue weighted by Crippen LogP contribution is -2.36. The molecule has 0 aliphatic rings. The Hall–Kier alpha value is -3.08. The van der Waals surface area contributed by atoms with E-state index >= 15 is 0 Å². The first-order valence-electron chi connectivity index (χ1n) is 8.69. The maximum absolute atomic E-state index is 13.5. The smallest absolute Gasteiger partial charge is 0.240 e. The highest BCUT2D eigenvalue weighted by molar-refractivity contribution is 5.84. The van der Waals surface area contributed by atoms with Crippen molar-refractivity contribution in [1.82, 2.24) is 14.9 Å². The number of carbonyl (C=O) groups excluding carboxylic acids is 1. The van der Waals surface area contributed by atoms with Crippen molar-refractivity contribution in [3.05, 3.63) is 72.3 Å². The molecule has 5 heteroatoms. The fourth-order valence-corrected chi connectivity index (χ4v) is 3.45. The summed E-state index contributed by atoms with van der Waals surface area (Å²) in [5.41, 5.74) is 3.01. The molecule has 0 aliphatic carbocycles. The summed E-state index contributed by atoms with van der Waals surface area (Å²) in [6.45, 7) is 2.16. The van der Waals surface area contributed by atoms with E-state index in [0.29, 0.717) is 0 Å². The zero-order valence-corrected chi connectivity index (χ0v) is 14.5. The Morgan fingerprint density at radius 2 is 2.08 bits per heavy atom. The van der Waals surface area contributed by atoms with Crippen LogP contribution in [0.1, 0.15) is 12.5 Å². The molecular weight excluding hydrogens is 329 g/mol. The van der Waals surface area contributed by atoms with Gasteiger partial charge in [-0.05, 0) is 54.6 Å². The second-order valence-corrected chi connectivity index (χ2v) is 6.68. The van der Waals surface area contributed by atoms with E-state index in [0.717, 1.165) is 22.8 Å². The van der Waals surface area contributed by atoms with Crippen LogP contribution in [-0.4, -0.2) is 21.5 Å². The molecule has 0 radical (unpaired) electrons. The summed E-state index contributed by atoms with van der Waals surface area (Å²) in [4.78, 5) is 15.7. The first-order valence-corrected chi connectivity index (χ1v) is 8.69. The van der Waals surface area contributed by atoms with Gasteiger partial charge < -0.3 is 14.9 Å². The van der Waals surface area contributed by atoms with E-state index in [9.17, 15) is 9.18 Å². The average Bonchev–Trinajstić information content (AvgIpc) is 3.19. The van der Waals surface area contributed by atoms with Gasteiger partial charge in [-0.25, -0.2) is 4.39 Å². The third kappa shape index (κ3) is 3.20. The molecule has 0 bridgehead atoms. The van der Waals surface area contributed by atoms with Crippen molar-refractivity contribution >= 4 is 27.7 Å². The maximum Gasteiger partial charge on any atom is 0.240 e. The van der Waals surface area contributed by atoms with Gasteiger partial charge in [0.05, 0.1) is 5.52 Å². The Kier molecular flexibility index (Phi) is 4.21. The molecule has 26 heavy (non-hydrogen) atoms. The van der Waals surface area contributed by atoms with Crippen LogP contribution in [-0.2, 0) is 17.8 Å². The number of halogens is 1. The van der Waals surface area contributed by atoms with Gasteiger partial charge in [-0.3, -0.25) is 4.79 Å². The van der Waals surface area contributed by atoms with E-state index in [4.69, 9.17) is 0 Å². The minimum atomic E-state index is -0.300. The number of carbonyl (C=O) groups is 1. The molecule has 0 saturated heterocycles. The van der Waals surface area contributed by atoms with E-state index in [2.05, 4.69) is 16.4 Å². The molecule has 1 amide bonds. The van der Waals surface area contributed by atoms with Gasteiger partial charge in [-0.2, -0.15) is 0 Å². The van der Waals surface area contributed by atoms with Crippen molar-refractivity contribution in [1.29, 1.82) is 0 Å². The van der Waals surface area contributed by atoms with Crippen molar-refractivity contribution < 1.29 is 9.18 Å². The van der Waals surface area contributed by atoms with Gasteiger partial charge in [0, 0.05) is 29.3 Å². The molecule has 0 saturated carbocycles. The number of aromatic nitrogens is 2. The summed E-state index contributed by atoms with van der Waals surface area (Å²) < 4.78 is 15.2. The number of rotatable bonds is 5. The number of aromatic amines is 1. The van der Waals surface area contributed by atoms with Crippen LogP contribution in [0.2, 0.25) is 0 Å². The van der Waals surface area contributed by atoms with E-state index < -0.39 is 0 Å². The molecule has 132 valence electrons. The van der Waals surface area contributed by atoms with Gasteiger partial charge in [-0.15, -0.1) is 0 Å². The van der Waals surface area contributed by atoms with Crippen LogP contribution in [0.15, 0.2) is 60.9 Å². The number of hydrogen-bond acceptors (Lipinski definition) is 1. The molecular formula is C21H20FN3O. The lowest BCUT2D eigenvalue weighted by Gasteiger charge is -2.14. The highest BCUT2D eigenvalue weighted by Gasteiger charge is 2.12. The van der Waals surface area contributed by atoms with E-state index in [1.165, 1.54) is 23.1 Å². The van der Waals surface area contributed by atoms with Crippen molar-refractivity contribution in [2.24, 2.45) is 0 Å². The van der Waals surface area contributed by atoms with Crippen LogP contribution >= 0.6 is 0 Å². The number of nitrogens with one attached hydrogen (secondary N) is 2. The normalized spacial score (nSPS) is 12.5. The first-order chi connectivity index (χ1) is 12.6. The van der Waals surface area contributed by atoms with Gasteiger partial charge >= 0.3 is 0 Å². The fourth-order valence-electron chi connectivity index (χ4n) is 3.45. The number of nitrogens with zero attached hydrogens (tertiary/aromatic N) is 1. The Morgan fingerprint density at radius 1 is 1.23 bits per heavy atom. The summed E-state index contributed by atoms with van der Waals surface area (Å²) in [5.74, 6) is -0.385. The topological polar surface area (TPSA) is 49.8 Å². The average molecular weight is 349 g/mol. The van der Waals surface area contributed by atoms with Crippen LogP contribution in [0.4, 0.5) is 4.39 Å². The minimum absolute atomic E-state index is 0.000249. The van der Waals surface area contributed by atoms with Crippen molar-refractivity contribution in [2.45, 2.75) is 25.9 Å². The van der Waals surface area contributed by atoms with Crippen LogP contribution in [0.5, 0.6) is 0 Å². The van der Waals surface area contributed by atoms with E-state index in [-0.39, 0.29) is 24.3 Å². The molecule has 0 spiro atoms. The zero-order chi connectivity index (χ0) is 18.1. The molecule has 4 nitrogen and oxygen atoms in total. The quantitative estimate of drug-likeness (QED) is 0.562. The number of amides is 1. The lowest BCUT2D eigenvalue weighted by molar-refractivity contribution is -0.122. The Bertz CT molecular complexity index is 1080. The van der Waals surface area contributed by atoms with Gasteiger partial charge in [0.2, 0.25) is 5.91 Å². The number of para-hydroxylation sites is 1. The van der Waals surface area contributed by atoms with Crippen LogP contribution in [0.25, 0.3) is 21.8 Å². The molecule has 2 aromatic heterocycles. The maximum atomic E-state index is 13.5. The number of H-pyrrole nitrogens is 1. The molecule has 2 aromatic carbocycles. The van der Waals surface area contributed by atoms with Gasteiger partial charge in [0.15, 0.2) is 0 Å². The minimum Gasteiger partial charge on any atom is -0.361 e. The SMILES string of the molecule is C[C@@H](Cc1c[nH]c2ccccc12)NC(=O)Cn1ccc2ccc(F)cc21. The monoisotopic (exact) mass is 349 g/mol. The number of hydrogen-bond donors (Lipinski definition) is 2. The second kappa shape index (κ2) is 6.67. The zero-order valence-electron chi connectivity index (χ0n) is 14.5. The van der Waals surface area contributed by atoms with Crippen LogP contribution in [0.3, 0.4) is 0 Å². The third-order valence-corrected chi connectivity index (χ3v) is 4.66. The molecule has 4 aromatic rings. The largest absolute Gasteiger partial charge is 0.361 e. The molecule has 0 unspecified atom stereocenters. The van der Waals surface area contributed by atoms with Gasteiger partial charge in [0.25, 0.3) is 0 Å². The third-order valence-electron chi connectivity index (χ3n) is 4.66. The standard InChI is InChI=1S/C21H20FN3O/c1-14(10-16-12-23-19-5-3-2-4-18(16)19)24-21(26)13-25-9-8-15-6-7-17(22)11-20(15)25/h2-9,11-12,14,23H,10,13H2,1H3,(H,24,26)/t14-/m0/s1. The van der Waals surface area contributed by atoms with E-state index in [1.807, 2.05) is 43.6 Å². The van der Waals surface area contributed by atoms with Crippen molar-refractivity contribution in [2.75, 3.05) is 0 Å². The highest BCUT2D eigenvalue weighted by atomic mass is 19.1.